The highest BCUT2D eigenvalue weighted by atomic mass is 16.5. The molecule has 7 nitrogen and oxygen atoms in total. The number of aliphatic hydroxyl groups excluding tert-OH is 1. The predicted octanol–water partition coefficient (Wildman–Crippen LogP) is 0.982. The van der Waals surface area contributed by atoms with E-state index in [1.165, 1.54) is 7.11 Å². The van der Waals surface area contributed by atoms with E-state index in [9.17, 15) is 9.90 Å². The van der Waals surface area contributed by atoms with E-state index in [1.807, 2.05) is 0 Å². The van der Waals surface area contributed by atoms with Crippen molar-refractivity contribution in [3.05, 3.63) is 30.0 Å². The summed E-state index contributed by atoms with van der Waals surface area (Å²) >= 11 is 0. The number of fused-ring (bicyclic) bond motifs is 1. The number of carboxylic acid groups (broad SMARTS) is 1. The van der Waals surface area contributed by atoms with E-state index in [0.29, 0.717) is 16.9 Å². The highest BCUT2D eigenvalue weighted by molar-refractivity contribution is 5.79. The van der Waals surface area contributed by atoms with Crippen molar-refractivity contribution in [1.82, 2.24) is 15.3 Å². The van der Waals surface area contributed by atoms with E-state index < -0.39 is 12.0 Å². The highest BCUT2D eigenvalue weighted by Gasteiger charge is 2.16. The lowest BCUT2D eigenvalue weighted by Crippen LogP contribution is -2.28. The van der Waals surface area contributed by atoms with Crippen LogP contribution in [0.25, 0.3) is 11.0 Å². The van der Waals surface area contributed by atoms with Crippen LogP contribution >= 0.6 is 0 Å². The van der Waals surface area contributed by atoms with E-state index in [1.54, 1.807) is 24.4 Å². The summed E-state index contributed by atoms with van der Waals surface area (Å²) in [6.45, 7) is -0.0951. The molecule has 3 N–H and O–H groups in total. The molecule has 0 radical (unpaired) electrons. The molecular formula is C13H15N3O4. The Bertz CT molecular complexity index is 618. The number of aliphatic hydroxyl groups is 1. The molecular weight excluding hydrogens is 262 g/mol. The molecule has 1 amide bonds. The van der Waals surface area contributed by atoms with Gasteiger partial charge in [0.25, 0.3) is 0 Å². The van der Waals surface area contributed by atoms with Crippen molar-refractivity contribution in [2.45, 2.75) is 5.92 Å². The molecule has 2 heterocycles. The molecule has 7 heteroatoms. The fourth-order valence-corrected chi connectivity index (χ4v) is 1.95. The Morgan fingerprint density at radius 3 is 2.90 bits per heavy atom. The first-order chi connectivity index (χ1) is 9.65. The second-order valence-electron chi connectivity index (χ2n) is 4.19. The van der Waals surface area contributed by atoms with Gasteiger partial charge in [0.05, 0.1) is 24.8 Å². The molecule has 2 aromatic heterocycles. The second kappa shape index (κ2) is 6.16. The van der Waals surface area contributed by atoms with Gasteiger partial charge in [-0.25, -0.2) is 9.78 Å². The molecule has 0 aromatic carbocycles. The fourth-order valence-electron chi connectivity index (χ4n) is 1.95. The van der Waals surface area contributed by atoms with Gasteiger partial charge in [-0.05, 0) is 17.7 Å². The molecule has 0 saturated carbocycles. The van der Waals surface area contributed by atoms with Crippen LogP contribution in [0.2, 0.25) is 0 Å². The number of nitrogens with one attached hydrogen (secondary N) is 1. The Morgan fingerprint density at radius 1 is 1.45 bits per heavy atom. The molecule has 0 saturated heterocycles. The average Bonchev–Trinajstić information content (AvgIpc) is 2.47. The van der Waals surface area contributed by atoms with Crippen LogP contribution in [-0.2, 0) is 0 Å². The number of hydrogen-bond acceptors (Lipinski definition) is 5. The minimum Gasteiger partial charge on any atom is -0.481 e. The van der Waals surface area contributed by atoms with Crippen LogP contribution in [0.4, 0.5) is 4.79 Å². The molecule has 0 spiro atoms. The van der Waals surface area contributed by atoms with Crippen molar-refractivity contribution >= 4 is 17.1 Å². The lowest BCUT2D eigenvalue weighted by Gasteiger charge is -2.16. The van der Waals surface area contributed by atoms with E-state index >= 15 is 0 Å². The number of hydrogen-bond donors (Lipinski definition) is 3. The quantitative estimate of drug-likeness (QED) is 0.752. The number of aromatic nitrogens is 2. The summed E-state index contributed by atoms with van der Waals surface area (Å²) in [7, 11) is 1.51. The van der Waals surface area contributed by atoms with Crippen molar-refractivity contribution in [2.24, 2.45) is 0 Å². The predicted molar refractivity (Wildman–Crippen MR) is 71.9 cm³/mol. The SMILES string of the molecule is COc1ccc2nccc([C@H](CO)CNC(=O)O)c2n1. The van der Waals surface area contributed by atoms with Gasteiger partial charge in [0.1, 0.15) is 0 Å². The summed E-state index contributed by atoms with van der Waals surface area (Å²) in [6, 6.07) is 5.19. The molecule has 0 fully saturated rings. The van der Waals surface area contributed by atoms with E-state index in [4.69, 9.17) is 9.84 Å². The van der Waals surface area contributed by atoms with Crippen molar-refractivity contribution in [3.8, 4) is 5.88 Å². The van der Waals surface area contributed by atoms with Gasteiger partial charge in [-0.1, -0.05) is 0 Å². The molecule has 0 bridgehead atoms. The van der Waals surface area contributed by atoms with Crippen LogP contribution in [0.3, 0.4) is 0 Å². The number of nitrogens with zero attached hydrogens (tertiary/aromatic N) is 2. The normalized spacial score (nSPS) is 12.1. The van der Waals surface area contributed by atoms with Crippen molar-refractivity contribution in [3.63, 3.8) is 0 Å². The zero-order chi connectivity index (χ0) is 14.5. The Labute approximate surface area is 115 Å². The van der Waals surface area contributed by atoms with Gasteiger partial charge in [-0.15, -0.1) is 0 Å². The van der Waals surface area contributed by atoms with Crippen LogP contribution in [-0.4, -0.2) is 46.5 Å². The summed E-state index contributed by atoms with van der Waals surface area (Å²) in [5.74, 6) is 0.0471. The topological polar surface area (TPSA) is 105 Å². The van der Waals surface area contributed by atoms with Gasteiger partial charge in [-0.3, -0.25) is 4.98 Å². The van der Waals surface area contributed by atoms with E-state index in [0.717, 1.165) is 5.56 Å². The maximum absolute atomic E-state index is 10.6. The van der Waals surface area contributed by atoms with Crippen molar-refractivity contribution < 1.29 is 19.7 Å². The molecule has 20 heavy (non-hydrogen) atoms. The third kappa shape index (κ3) is 2.94. The van der Waals surface area contributed by atoms with Gasteiger partial charge in [0.15, 0.2) is 0 Å². The molecule has 0 aliphatic carbocycles. The third-order valence-electron chi connectivity index (χ3n) is 2.96. The van der Waals surface area contributed by atoms with Gasteiger partial charge >= 0.3 is 6.09 Å². The van der Waals surface area contributed by atoms with Gasteiger partial charge in [-0.2, -0.15) is 0 Å². The summed E-state index contributed by atoms with van der Waals surface area (Å²) in [6.07, 6.45) is 0.474. The number of ether oxygens (including phenoxy) is 1. The maximum atomic E-state index is 10.6. The van der Waals surface area contributed by atoms with Gasteiger partial charge in [0.2, 0.25) is 5.88 Å². The fraction of sp³-hybridized carbons (Fsp3) is 0.308. The van der Waals surface area contributed by atoms with Crippen LogP contribution in [0.1, 0.15) is 11.5 Å². The maximum Gasteiger partial charge on any atom is 0.404 e. The largest absolute Gasteiger partial charge is 0.481 e. The summed E-state index contributed by atoms with van der Waals surface area (Å²) in [5, 5.41) is 20.4. The molecule has 0 aliphatic rings. The van der Waals surface area contributed by atoms with Crippen LogP contribution in [0, 0.1) is 0 Å². The Kier molecular flexibility index (Phi) is 4.31. The highest BCUT2D eigenvalue weighted by Crippen LogP contribution is 2.24. The molecule has 106 valence electrons. The summed E-state index contributed by atoms with van der Waals surface area (Å²) in [5.41, 5.74) is 1.99. The Hall–Kier alpha value is -2.41. The number of amides is 1. The summed E-state index contributed by atoms with van der Waals surface area (Å²) in [4.78, 5) is 19.1. The Morgan fingerprint density at radius 2 is 2.25 bits per heavy atom. The summed E-state index contributed by atoms with van der Waals surface area (Å²) < 4.78 is 5.08. The molecule has 1 atom stereocenters. The first-order valence-corrected chi connectivity index (χ1v) is 6.03. The number of carbonyl (C=O) groups is 1. The van der Waals surface area contributed by atoms with E-state index in [-0.39, 0.29) is 13.2 Å². The zero-order valence-corrected chi connectivity index (χ0v) is 10.9. The standard InChI is InChI=1S/C13H15N3O4/c1-20-11-3-2-10-12(16-11)9(4-5-14-10)8(7-17)6-15-13(18)19/h2-5,8,15,17H,6-7H2,1H3,(H,18,19)/t8-/m0/s1. The van der Waals surface area contributed by atoms with Crippen LogP contribution in [0.5, 0.6) is 5.88 Å². The monoisotopic (exact) mass is 277 g/mol. The number of pyridine rings is 2. The minimum absolute atomic E-state index is 0.101. The first-order valence-electron chi connectivity index (χ1n) is 6.03. The molecule has 0 unspecified atom stereocenters. The lowest BCUT2D eigenvalue weighted by atomic mass is 9.99. The minimum atomic E-state index is -1.13. The van der Waals surface area contributed by atoms with Gasteiger partial charge in [0, 0.05) is 24.7 Å². The van der Waals surface area contributed by atoms with Crippen molar-refractivity contribution in [1.29, 1.82) is 0 Å². The third-order valence-corrected chi connectivity index (χ3v) is 2.96. The van der Waals surface area contributed by atoms with Crippen LogP contribution in [0.15, 0.2) is 24.4 Å². The Balaban J connectivity index is 2.42. The average molecular weight is 277 g/mol. The van der Waals surface area contributed by atoms with Crippen LogP contribution < -0.4 is 10.1 Å². The first kappa shape index (κ1) is 14.0. The zero-order valence-electron chi connectivity index (χ0n) is 10.9. The lowest BCUT2D eigenvalue weighted by molar-refractivity contribution is 0.191. The number of rotatable bonds is 5. The molecule has 2 aromatic rings. The molecule has 2 rings (SSSR count). The second-order valence-corrected chi connectivity index (χ2v) is 4.19. The van der Waals surface area contributed by atoms with E-state index in [2.05, 4.69) is 15.3 Å². The molecule has 0 aliphatic heterocycles. The van der Waals surface area contributed by atoms with Crippen molar-refractivity contribution in [2.75, 3.05) is 20.3 Å². The number of methoxy groups -OCH3 is 1. The van der Waals surface area contributed by atoms with Gasteiger partial charge < -0.3 is 20.3 Å². The smallest absolute Gasteiger partial charge is 0.404 e.